The number of nitrogens with one attached hydrogen (secondary N) is 3. The first-order valence-corrected chi connectivity index (χ1v) is 10.5. The van der Waals surface area contributed by atoms with Crippen LogP contribution in [0, 0.1) is 11.2 Å². The molecule has 1 aliphatic rings. The average Bonchev–Trinajstić information content (AvgIpc) is 2.75. The predicted molar refractivity (Wildman–Crippen MR) is 126 cm³/mol. The molecule has 0 amide bonds. The van der Waals surface area contributed by atoms with Crippen molar-refractivity contribution >= 4 is 22.9 Å². The Labute approximate surface area is 187 Å². The van der Waals surface area contributed by atoms with Crippen LogP contribution in [0.25, 0.3) is 5.70 Å². The van der Waals surface area contributed by atoms with Crippen molar-refractivity contribution in [1.29, 1.82) is 5.41 Å². The number of nitrogen functional groups attached to an aromatic ring is 1. The molecule has 2 bridgehead atoms. The van der Waals surface area contributed by atoms with Gasteiger partial charge in [0.2, 0.25) is 0 Å². The molecule has 0 fully saturated rings. The van der Waals surface area contributed by atoms with Gasteiger partial charge in [-0.25, -0.2) is 9.37 Å². The summed E-state index contributed by atoms with van der Waals surface area (Å²) in [6.07, 6.45) is 1.38. The first-order valence-electron chi connectivity index (χ1n) is 10.5. The van der Waals surface area contributed by atoms with Crippen LogP contribution >= 0.6 is 0 Å². The lowest BCUT2D eigenvalue weighted by atomic mass is 9.90. The third kappa shape index (κ3) is 4.72. The van der Waals surface area contributed by atoms with Crippen molar-refractivity contribution in [3.63, 3.8) is 0 Å². The molecule has 7 N–H and O–H groups in total. The quantitative estimate of drug-likeness (QED) is 0.465. The number of benzene rings is 1. The number of nitrogens with zero attached hydrogens (tertiary/aromatic N) is 2. The fourth-order valence-corrected chi connectivity index (χ4v) is 3.75. The maximum atomic E-state index is 14.2. The highest BCUT2D eigenvalue weighted by Gasteiger charge is 2.25. The summed E-state index contributed by atoms with van der Waals surface area (Å²) >= 11 is 0. The van der Waals surface area contributed by atoms with Gasteiger partial charge in [-0.15, -0.1) is 0 Å². The molecule has 3 rings (SSSR count). The van der Waals surface area contributed by atoms with Gasteiger partial charge in [0.25, 0.3) is 0 Å². The Morgan fingerprint density at radius 1 is 1.38 bits per heavy atom. The van der Waals surface area contributed by atoms with Gasteiger partial charge in [0.05, 0.1) is 11.4 Å². The lowest BCUT2D eigenvalue weighted by Crippen LogP contribution is -2.29. The summed E-state index contributed by atoms with van der Waals surface area (Å²) in [5.41, 5.74) is 19.3. The fourth-order valence-electron chi connectivity index (χ4n) is 3.75. The van der Waals surface area contributed by atoms with Crippen molar-refractivity contribution < 1.29 is 9.13 Å². The summed E-state index contributed by atoms with van der Waals surface area (Å²) in [6, 6.07) is 5.74. The number of nitrogens with two attached hydrogens (primary N) is 2. The summed E-state index contributed by atoms with van der Waals surface area (Å²) < 4.78 is 20.3. The summed E-state index contributed by atoms with van der Waals surface area (Å²) in [6.45, 7) is 6.31. The molecule has 170 valence electrons. The molecule has 1 aromatic heterocycles. The lowest BCUT2D eigenvalue weighted by molar-refractivity contribution is 0.227. The molecule has 1 aromatic carbocycles. The number of pyridine rings is 1. The molecule has 2 atom stereocenters. The smallest absolute Gasteiger partial charge is 0.166 e. The third-order valence-electron chi connectivity index (χ3n) is 5.31. The molecule has 9 heteroatoms. The highest BCUT2D eigenvalue weighted by molar-refractivity contribution is 6.48. The van der Waals surface area contributed by atoms with E-state index in [1.165, 1.54) is 12.1 Å². The topological polar surface area (TPSA) is 134 Å². The second-order valence-electron chi connectivity index (χ2n) is 7.65. The van der Waals surface area contributed by atoms with Crippen LogP contribution in [0.5, 0.6) is 5.75 Å². The van der Waals surface area contributed by atoms with Gasteiger partial charge in [0, 0.05) is 54.6 Å². The van der Waals surface area contributed by atoms with Crippen LogP contribution in [0.4, 0.5) is 10.2 Å². The van der Waals surface area contributed by atoms with Crippen molar-refractivity contribution in [2.75, 3.05) is 19.3 Å². The minimum Gasteiger partial charge on any atom is -0.482 e. The zero-order valence-corrected chi connectivity index (χ0v) is 18.8. The maximum absolute atomic E-state index is 14.2. The number of fused-ring (bicyclic) bond motifs is 3. The Morgan fingerprint density at radius 2 is 2.12 bits per heavy atom. The number of rotatable bonds is 4. The molecule has 32 heavy (non-hydrogen) atoms. The Balaban J connectivity index is 2.34. The molecular formula is C23H30FN7O. The van der Waals surface area contributed by atoms with Crippen LogP contribution in [0.15, 0.2) is 41.1 Å². The van der Waals surface area contributed by atoms with Crippen molar-refractivity contribution in [2.24, 2.45) is 10.8 Å². The van der Waals surface area contributed by atoms with Gasteiger partial charge in [-0.2, -0.15) is 5.10 Å². The van der Waals surface area contributed by atoms with E-state index in [-0.39, 0.29) is 17.6 Å². The van der Waals surface area contributed by atoms with Crippen molar-refractivity contribution in [1.82, 2.24) is 15.7 Å². The van der Waals surface area contributed by atoms with Crippen molar-refractivity contribution in [3.05, 3.63) is 58.5 Å². The molecule has 0 aliphatic carbocycles. The van der Waals surface area contributed by atoms with Gasteiger partial charge in [-0.3, -0.25) is 5.41 Å². The molecular weight excluding hydrogens is 409 g/mol. The Morgan fingerprint density at radius 3 is 2.78 bits per heavy atom. The largest absolute Gasteiger partial charge is 0.482 e. The van der Waals surface area contributed by atoms with E-state index in [1.54, 1.807) is 32.3 Å². The second-order valence-corrected chi connectivity index (χ2v) is 7.65. The normalized spacial score (nSPS) is 21.1. The van der Waals surface area contributed by atoms with E-state index in [4.69, 9.17) is 21.6 Å². The first-order chi connectivity index (χ1) is 15.3. The summed E-state index contributed by atoms with van der Waals surface area (Å²) in [5.74, 6) is 0.179. The SMILES string of the molecule is CCN/C1=C(\C(C)N)C/C(=N/NC)C(=N)c2ccc(F)cc2C(C)Oc2cc1cnc2N. The van der Waals surface area contributed by atoms with Gasteiger partial charge >= 0.3 is 0 Å². The fraction of sp³-hybridized carbons (Fsp3) is 0.348. The first kappa shape index (κ1) is 23.2. The van der Waals surface area contributed by atoms with Crippen LogP contribution in [0.2, 0.25) is 0 Å². The van der Waals surface area contributed by atoms with Crippen molar-refractivity contribution in [2.45, 2.75) is 39.3 Å². The Hall–Kier alpha value is -3.46. The summed E-state index contributed by atoms with van der Waals surface area (Å²) in [7, 11) is 1.67. The highest BCUT2D eigenvalue weighted by Crippen LogP contribution is 2.33. The standard InChI is InChI=1S/C23H30FN7O/c1-5-29-22-14-8-20(23(27)30-11-14)32-13(3)18-9-15(24)6-7-16(18)21(26)19(31-28-4)10-17(22)12(2)25/h6-9,11-13,26,28-29H,5,10,25H2,1-4H3,(H2,27,30)/b22-17-,26-21?,31-19-. The van der Waals surface area contributed by atoms with E-state index in [9.17, 15) is 4.39 Å². The predicted octanol–water partition coefficient (Wildman–Crippen LogP) is 2.96. The maximum Gasteiger partial charge on any atom is 0.166 e. The van der Waals surface area contributed by atoms with E-state index in [0.717, 1.165) is 16.8 Å². The molecule has 2 aromatic rings. The number of aromatic nitrogens is 1. The summed E-state index contributed by atoms with van der Waals surface area (Å²) in [4.78, 5) is 4.31. The van der Waals surface area contributed by atoms with Gasteiger partial charge in [0.15, 0.2) is 11.6 Å². The number of hydrogen-bond acceptors (Lipinski definition) is 8. The molecule has 0 radical (unpaired) electrons. The third-order valence-corrected chi connectivity index (χ3v) is 5.31. The van der Waals surface area contributed by atoms with Gasteiger partial charge < -0.3 is 26.9 Å². The van der Waals surface area contributed by atoms with Crippen LogP contribution in [0.1, 0.15) is 50.0 Å². The molecule has 1 aliphatic heterocycles. The zero-order chi connectivity index (χ0) is 23.4. The van der Waals surface area contributed by atoms with Crippen LogP contribution in [0.3, 0.4) is 0 Å². The number of anilines is 1. The molecule has 0 saturated heterocycles. The molecule has 0 saturated carbocycles. The number of hydrogen-bond donors (Lipinski definition) is 5. The average molecular weight is 440 g/mol. The number of hydrazone groups is 1. The second kappa shape index (κ2) is 9.78. The molecule has 2 heterocycles. The van der Waals surface area contributed by atoms with Gasteiger partial charge in [-0.1, -0.05) is 0 Å². The Kier molecular flexibility index (Phi) is 7.09. The highest BCUT2D eigenvalue weighted by atomic mass is 19.1. The van der Waals surface area contributed by atoms with Crippen LogP contribution < -0.4 is 26.9 Å². The number of halogens is 1. The van der Waals surface area contributed by atoms with E-state index >= 15 is 0 Å². The zero-order valence-electron chi connectivity index (χ0n) is 18.8. The minimum absolute atomic E-state index is 0.161. The molecule has 8 nitrogen and oxygen atoms in total. The Bertz CT molecular complexity index is 1080. The van der Waals surface area contributed by atoms with Crippen LogP contribution in [-0.4, -0.2) is 36.0 Å². The van der Waals surface area contributed by atoms with E-state index in [0.29, 0.717) is 35.6 Å². The van der Waals surface area contributed by atoms with Gasteiger partial charge in [-0.05, 0) is 50.6 Å². The molecule has 2 unspecified atom stereocenters. The molecule has 0 spiro atoms. The van der Waals surface area contributed by atoms with Crippen LogP contribution in [-0.2, 0) is 0 Å². The monoisotopic (exact) mass is 439 g/mol. The lowest BCUT2D eigenvalue weighted by Gasteiger charge is -2.25. The minimum atomic E-state index is -0.588. The summed E-state index contributed by atoms with van der Waals surface area (Å²) in [5, 5.41) is 16.7. The van der Waals surface area contributed by atoms with E-state index < -0.39 is 11.9 Å². The number of ether oxygens (including phenoxy) is 1. The van der Waals surface area contributed by atoms with Gasteiger partial charge in [0.1, 0.15) is 11.9 Å². The van der Waals surface area contributed by atoms with E-state index in [2.05, 4.69) is 20.8 Å². The van der Waals surface area contributed by atoms with Crippen molar-refractivity contribution in [3.8, 4) is 5.75 Å². The van der Waals surface area contributed by atoms with E-state index in [1.807, 2.05) is 13.8 Å².